The van der Waals surface area contributed by atoms with E-state index in [-0.39, 0.29) is 18.3 Å². The van der Waals surface area contributed by atoms with Crippen molar-refractivity contribution in [3.05, 3.63) is 0 Å². The Morgan fingerprint density at radius 1 is 1.07 bits per heavy atom. The van der Waals surface area contributed by atoms with E-state index in [1.165, 1.54) is 0 Å². The van der Waals surface area contributed by atoms with E-state index in [0.717, 1.165) is 0 Å². The van der Waals surface area contributed by atoms with E-state index < -0.39 is 0 Å². The highest BCUT2D eigenvalue weighted by Crippen LogP contribution is 2.32. The zero-order valence-corrected chi connectivity index (χ0v) is 9.82. The van der Waals surface area contributed by atoms with Gasteiger partial charge in [-0.3, -0.25) is 0 Å². The Morgan fingerprint density at radius 3 is 2.21 bits per heavy atom. The van der Waals surface area contributed by atoms with Gasteiger partial charge in [0, 0.05) is 14.2 Å². The van der Waals surface area contributed by atoms with Gasteiger partial charge >= 0.3 is 0 Å². The van der Waals surface area contributed by atoms with Gasteiger partial charge in [0.2, 0.25) is 0 Å². The lowest BCUT2D eigenvalue weighted by Crippen LogP contribution is -2.50. The quantitative estimate of drug-likeness (QED) is 0.697. The van der Waals surface area contributed by atoms with E-state index in [9.17, 15) is 0 Å². The average molecular weight is 202 g/mol. The zero-order valence-electron chi connectivity index (χ0n) is 9.82. The van der Waals surface area contributed by atoms with Crippen molar-refractivity contribution in [1.29, 1.82) is 0 Å². The van der Waals surface area contributed by atoms with Crippen LogP contribution in [0, 0.1) is 11.8 Å². The molecule has 3 nitrogen and oxygen atoms in total. The lowest BCUT2D eigenvalue weighted by atomic mass is 9.82. The SMILES string of the molecule is COCC1O[C@@H](C)C(C)[C@@H](C)[C@@H]1OC. The Hall–Kier alpha value is -0.120. The van der Waals surface area contributed by atoms with Gasteiger partial charge in [-0.15, -0.1) is 0 Å². The molecule has 1 fully saturated rings. The van der Waals surface area contributed by atoms with Crippen molar-refractivity contribution in [3.8, 4) is 0 Å². The predicted octanol–water partition coefficient (Wildman–Crippen LogP) is 1.71. The molecule has 0 spiro atoms. The zero-order chi connectivity index (χ0) is 10.7. The number of hydrogen-bond acceptors (Lipinski definition) is 3. The summed E-state index contributed by atoms with van der Waals surface area (Å²) in [5, 5.41) is 0. The molecule has 0 saturated carbocycles. The lowest BCUT2D eigenvalue weighted by molar-refractivity contribution is -0.186. The highest BCUT2D eigenvalue weighted by atomic mass is 16.6. The van der Waals surface area contributed by atoms with Crippen molar-refractivity contribution in [1.82, 2.24) is 0 Å². The largest absolute Gasteiger partial charge is 0.382 e. The Kier molecular flexibility index (Phi) is 4.35. The van der Waals surface area contributed by atoms with Crippen LogP contribution >= 0.6 is 0 Å². The standard InChI is InChI=1S/C11H22O3/c1-7-8(2)11(13-5)10(6-12-4)14-9(7)3/h7-11H,6H2,1-5H3/t7?,8-,9+,10?,11+/m1/s1. The molecule has 0 aliphatic carbocycles. The first-order valence-electron chi connectivity index (χ1n) is 5.29. The first-order valence-corrected chi connectivity index (χ1v) is 5.29. The second kappa shape index (κ2) is 5.10. The Labute approximate surface area is 86.7 Å². The van der Waals surface area contributed by atoms with E-state index in [2.05, 4.69) is 20.8 Å². The fourth-order valence-corrected chi connectivity index (χ4v) is 2.21. The molecule has 1 heterocycles. The van der Waals surface area contributed by atoms with Crippen LogP contribution < -0.4 is 0 Å². The summed E-state index contributed by atoms with van der Waals surface area (Å²) < 4.78 is 16.5. The van der Waals surface area contributed by atoms with Crippen LogP contribution in [0.15, 0.2) is 0 Å². The van der Waals surface area contributed by atoms with Crippen molar-refractivity contribution in [2.75, 3.05) is 20.8 Å². The van der Waals surface area contributed by atoms with Crippen molar-refractivity contribution >= 4 is 0 Å². The molecule has 0 aromatic rings. The van der Waals surface area contributed by atoms with Crippen LogP contribution in [0.4, 0.5) is 0 Å². The second-order valence-corrected chi connectivity index (χ2v) is 4.25. The summed E-state index contributed by atoms with van der Waals surface area (Å²) in [5.41, 5.74) is 0. The third-order valence-electron chi connectivity index (χ3n) is 3.45. The van der Waals surface area contributed by atoms with Gasteiger partial charge in [0.15, 0.2) is 0 Å². The monoisotopic (exact) mass is 202 g/mol. The molecule has 14 heavy (non-hydrogen) atoms. The van der Waals surface area contributed by atoms with Gasteiger partial charge in [-0.1, -0.05) is 13.8 Å². The molecular weight excluding hydrogens is 180 g/mol. The van der Waals surface area contributed by atoms with E-state index in [4.69, 9.17) is 14.2 Å². The molecule has 0 radical (unpaired) electrons. The summed E-state index contributed by atoms with van der Waals surface area (Å²) in [6, 6.07) is 0. The summed E-state index contributed by atoms with van der Waals surface area (Å²) in [4.78, 5) is 0. The molecule has 0 N–H and O–H groups in total. The van der Waals surface area contributed by atoms with Crippen LogP contribution in [0.3, 0.4) is 0 Å². The minimum atomic E-state index is 0.0752. The predicted molar refractivity (Wildman–Crippen MR) is 55.3 cm³/mol. The Morgan fingerprint density at radius 2 is 1.71 bits per heavy atom. The van der Waals surface area contributed by atoms with E-state index in [1.807, 2.05) is 0 Å². The summed E-state index contributed by atoms with van der Waals surface area (Å²) >= 11 is 0. The topological polar surface area (TPSA) is 27.7 Å². The van der Waals surface area contributed by atoms with Crippen LogP contribution in [-0.2, 0) is 14.2 Å². The van der Waals surface area contributed by atoms with Crippen molar-refractivity contribution in [3.63, 3.8) is 0 Å². The molecular formula is C11H22O3. The molecule has 0 aromatic heterocycles. The first kappa shape index (κ1) is 12.0. The molecule has 1 aliphatic heterocycles. The van der Waals surface area contributed by atoms with Crippen molar-refractivity contribution < 1.29 is 14.2 Å². The maximum Gasteiger partial charge on any atom is 0.107 e. The molecule has 0 amide bonds. The normalized spacial score (nSPS) is 43.9. The minimum Gasteiger partial charge on any atom is -0.382 e. The lowest BCUT2D eigenvalue weighted by Gasteiger charge is -2.42. The highest BCUT2D eigenvalue weighted by Gasteiger charge is 2.39. The van der Waals surface area contributed by atoms with Crippen LogP contribution in [0.1, 0.15) is 20.8 Å². The fraction of sp³-hybridized carbons (Fsp3) is 1.00. The first-order chi connectivity index (χ1) is 6.61. The Balaban J connectivity index is 2.66. The third-order valence-corrected chi connectivity index (χ3v) is 3.45. The smallest absolute Gasteiger partial charge is 0.107 e. The van der Waals surface area contributed by atoms with Gasteiger partial charge in [-0.25, -0.2) is 0 Å². The van der Waals surface area contributed by atoms with Crippen molar-refractivity contribution in [2.24, 2.45) is 11.8 Å². The summed E-state index contributed by atoms with van der Waals surface area (Å²) in [6.45, 7) is 7.17. The maximum atomic E-state index is 5.86. The molecule has 3 heteroatoms. The molecule has 0 aromatic carbocycles. The molecule has 2 unspecified atom stereocenters. The summed E-state index contributed by atoms with van der Waals surface area (Å²) in [5.74, 6) is 1.05. The maximum absolute atomic E-state index is 5.86. The average Bonchev–Trinajstić information content (AvgIpc) is 2.16. The molecule has 0 bridgehead atoms. The molecule has 5 atom stereocenters. The molecule has 84 valence electrons. The summed E-state index contributed by atoms with van der Waals surface area (Å²) in [7, 11) is 3.44. The molecule has 1 aliphatic rings. The van der Waals surface area contributed by atoms with Crippen molar-refractivity contribution in [2.45, 2.75) is 39.1 Å². The third kappa shape index (κ3) is 2.27. The van der Waals surface area contributed by atoms with Crippen LogP contribution in [-0.4, -0.2) is 39.1 Å². The Bertz CT molecular complexity index is 172. The number of methoxy groups -OCH3 is 2. The van der Waals surface area contributed by atoms with Gasteiger partial charge in [0.05, 0.1) is 18.8 Å². The summed E-state index contributed by atoms with van der Waals surface area (Å²) in [6.07, 6.45) is 0.517. The van der Waals surface area contributed by atoms with Crippen LogP contribution in [0.5, 0.6) is 0 Å². The molecule has 1 saturated heterocycles. The number of ether oxygens (including phenoxy) is 3. The van der Waals surface area contributed by atoms with Gasteiger partial charge in [-0.05, 0) is 18.8 Å². The van der Waals surface area contributed by atoms with E-state index in [1.54, 1.807) is 14.2 Å². The van der Waals surface area contributed by atoms with Gasteiger partial charge in [0.1, 0.15) is 6.10 Å². The van der Waals surface area contributed by atoms with Gasteiger partial charge < -0.3 is 14.2 Å². The van der Waals surface area contributed by atoms with Crippen LogP contribution in [0.25, 0.3) is 0 Å². The highest BCUT2D eigenvalue weighted by molar-refractivity contribution is 4.87. The number of hydrogen-bond donors (Lipinski definition) is 0. The fourth-order valence-electron chi connectivity index (χ4n) is 2.21. The minimum absolute atomic E-state index is 0.0752. The van der Waals surface area contributed by atoms with Gasteiger partial charge in [-0.2, -0.15) is 0 Å². The van der Waals surface area contributed by atoms with E-state index in [0.29, 0.717) is 18.4 Å². The second-order valence-electron chi connectivity index (χ2n) is 4.25. The van der Waals surface area contributed by atoms with Crippen LogP contribution in [0.2, 0.25) is 0 Å². The number of rotatable bonds is 3. The van der Waals surface area contributed by atoms with Gasteiger partial charge in [0.25, 0.3) is 0 Å². The molecule has 1 rings (SSSR count). The van der Waals surface area contributed by atoms with E-state index >= 15 is 0 Å².